The van der Waals surface area contributed by atoms with Crippen molar-refractivity contribution in [1.82, 2.24) is 0 Å². The lowest BCUT2D eigenvalue weighted by molar-refractivity contribution is 0.201. The van der Waals surface area contributed by atoms with Crippen LogP contribution < -0.4 is 5.73 Å². The van der Waals surface area contributed by atoms with Gasteiger partial charge in [-0.3, -0.25) is 0 Å². The summed E-state index contributed by atoms with van der Waals surface area (Å²) in [7, 11) is 0. The molecule has 96 valence electrons. The standard InChI is InChI=1S/C15H25NS/c1-12(2)9-13-5-3-7-15(16,10-13)11-14-6-4-8-17-14/h4,6,8,12-13H,3,5,7,9-11,16H2,1-2H3. The van der Waals surface area contributed by atoms with Crippen molar-refractivity contribution in [2.75, 3.05) is 0 Å². The van der Waals surface area contributed by atoms with Gasteiger partial charge in [-0.05, 0) is 49.0 Å². The Balaban J connectivity index is 1.94. The van der Waals surface area contributed by atoms with Crippen molar-refractivity contribution < 1.29 is 0 Å². The molecule has 1 fully saturated rings. The van der Waals surface area contributed by atoms with Crippen molar-refractivity contribution in [3.05, 3.63) is 22.4 Å². The van der Waals surface area contributed by atoms with Gasteiger partial charge in [-0.25, -0.2) is 0 Å². The highest BCUT2D eigenvalue weighted by atomic mass is 32.1. The van der Waals surface area contributed by atoms with Crippen molar-refractivity contribution in [3.63, 3.8) is 0 Å². The summed E-state index contributed by atoms with van der Waals surface area (Å²) in [6.07, 6.45) is 7.58. The molecule has 1 aliphatic carbocycles. The molecule has 0 spiro atoms. The maximum Gasteiger partial charge on any atom is 0.0205 e. The van der Waals surface area contributed by atoms with E-state index in [1.54, 1.807) is 0 Å². The molecular weight excluding hydrogens is 226 g/mol. The van der Waals surface area contributed by atoms with Crippen LogP contribution >= 0.6 is 11.3 Å². The average Bonchev–Trinajstić information content (AvgIpc) is 2.68. The molecule has 1 aromatic rings. The van der Waals surface area contributed by atoms with Gasteiger partial charge in [0, 0.05) is 10.4 Å². The first-order valence-electron chi connectivity index (χ1n) is 6.89. The second kappa shape index (κ2) is 5.53. The molecule has 17 heavy (non-hydrogen) atoms. The minimum atomic E-state index is 0.0721. The zero-order chi connectivity index (χ0) is 12.3. The number of hydrogen-bond donors (Lipinski definition) is 1. The molecule has 0 radical (unpaired) electrons. The van der Waals surface area contributed by atoms with E-state index < -0.39 is 0 Å². The molecular formula is C15H25NS. The topological polar surface area (TPSA) is 26.0 Å². The van der Waals surface area contributed by atoms with Crippen molar-refractivity contribution in [2.45, 2.75) is 57.9 Å². The first-order chi connectivity index (χ1) is 8.07. The number of nitrogens with two attached hydrogens (primary N) is 1. The molecule has 2 unspecified atom stereocenters. The van der Waals surface area contributed by atoms with E-state index in [0.29, 0.717) is 0 Å². The van der Waals surface area contributed by atoms with Crippen LogP contribution in [0.15, 0.2) is 17.5 Å². The molecule has 0 saturated heterocycles. The Kier molecular flexibility index (Phi) is 4.26. The molecule has 2 atom stereocenters. The molecule has 1 aromatic heterocycles. The summed E-state index contributed by atoms with van der Waals surface area (Å²) in [4.78, 5) is 1.46. The lowest BCUT2D eigenvalue weighted by atomic mass is 9.72. The van der Waals surface area contributed by atoms with Crippen molar-refractivity contribution in [2.24, 2.45) is 17.6 Å². The van der Waals surface area contributed by atoms with E-state index >= 15 is 0 Å². The summed E-state index contributed by atoms with van der Waals surface area (Å²) in [5, 5.41) is 2.16. The Morgan fingerprint density at radius 2 is 2.35 bits per heavy atom. The van der Waals surface area contributed by atoms with Gasteiger partial charge >= 0.3 is 0 Å². The van der Waals surface area contributed by atoms with Crippen molar-refractivity contribution >= 4 is 11.3 Å². The highest BCUT2D eigenvalue weighted by Crippen LogP contribution is 2.36. The second-order valence-electron chi connectivity index (χ2n) is 6.21. The van der Waals surface area contributed by atoms with E-state index in [2.05, 4.69) is 31.4 Å². The maximum absolute atomic E-state index is 6.62. The third-order valence-electron chi connectivity index (χ3n) is 3.89. The summed E-state index contributed by atoms with van der Waals surface area (Å²) in [5.74, 6) is 1.66. The summed E-state index contributed by atoms with van der Waals surface area (Å²) < 4.78 is 0. The van der Waals surface area contributed by atoms with E-state index in [0.717, 1.165) is 18.3 Å². The number of rotatable bonds is 4. The molecule has 2 heteroatoms. The third kappa shape index (κ3) is 3.82. The van der Waals surface area contributed by atoms with Gasteiger partial charge in [-0.2, -0.15) is 0 Å². The molecule has 0 aliphatic heterocycles. The maximum atomic E-state index is 6.62. The zero-order valence-corrected chi connectivity index (χ0v) is 11.9. The smallest absolute Gasteiger partial charge is 0.0205 e. The van der Waals surface area contributed by atoms with Crippen molar-refractivity contribution in [1.29, 1.82) is 0 Å². The van der Waals surface area contributed by atoms with Crippen LogP contribution in [0.1, 0.15) is 50.8 Å². The van der Waals surface area contributed by atoms with Gasteiger partial charge in [0.2, 0.25) is 0 Å². The molecule has 1 aliphatic rings. The van der Waals surface area contributed by atoms with Crippen LogP contribution in [0.4, 0.5) is 0 Å². The van der Waals surface area contributed by atoms with Crippen LogP contribution in [0, 0.1) is 11.8 Å². The average molecular weight is 251 g/mol. The second-order valence-corrected chi connectivity index (χ2v) is 7.24. The van der Waals surface area contributed by atoms with Crippen LogP contribution in [0.3, 0.4) is 0 Å². The molecule has 1 heterocycles. The lowest BCUT2D eigenvalue weighted by Gasteiger charge is -2.38. The minimum Gasteiger partial charge on any atom is -0.325 e. The molecule has 0 bridgehead atoms. The summed E-state index contributed by atoms with van der Waals surface area (Å²) >= 11 is 1.85. The summed E-state index contributed by atoms with van der Waals surface area (Å²) in [6.45, 7) is 4.65. The predicted octanol–water partition coefficient (Wildman–Crippen LogP) is 4.22. The Labute approximate surface area is 109 Å². The molecule has 1 saturated carbocycles. The van der Waals surface area contributed by atoms with E-state index in [1.807, 2.05) is 11.3 Å². The van der Waals surface area contributed by atoms with Crippen LogP contribution in [-0.2, 0) is 6.42 Å². The van der Waals surface area contributed by atoms with Gasteiger partial charge in [0.25, 0.3) is 0 Å². The van der Waals surface area contributed by atoms with Gasteiger partial charge in [0.05, 0.1) is 0 Å². The van der Waals surface area contributed by atoms with E-state index in [9.17, 15) is 0 Å². The quantitative estimate of drug-likeness (QED) is 0.851. The molecule has 2 rings (SSSR count). The lowest BCUT2D eigenvalue weighted by Crippen LogP contribution is -2.46. The van der Waals surface area contributed by atoms with Crippen LogP contribution in [-0.4, -0.2) is 5.54 Å². The zero-order valence-electron chi connectivity index (χ0n) is 11.1. The SMILES string of the molecule is CC(C)CC1CCCC(N)(Cc2cccs2)C1. The van der Waals surface area contributed by atoms with E-state index in [4.69, 9.17) is 5.73 Å². The van der Waals surface area contributed by atoms with Gasteiger partial charge in [0.1, 0.15) is 0 Å². The third-order valence-corrected chi connectivity index (χ3v) is 4.77. The Hall–Kier alpha value is -0.340. The van der Waals surface area contributed by atoms with Crippen molar-refractivity contribution in [3.8, 4) is 0 Å². The van der Waals surface area contributed by atoms with E-state index in [1.165, 1.54) is 37.0 Å². The van der Waals surface area contributed by atoms with E-state index in [-0.39, 0.29) is 5.54 Å². The van der Waals surface area contributed by atoms with Gasteiger partial charge in [-0.1, -0.05) is 32.8 Å². The largest absolute Gasteiger partial charge is 0.325 e. The van der Waals surface area contributed by atoms with Gasteiger partial charge < -0.3 is 5.73 Å². The number of hydrogen-bond acceptors (Lipinski definition) is 2. The Morgan fingerprint density at radius 1 is 1.53 bits per heavy atom. The molecule has 2 N–H and O–H groups in total. The first-order valence-corrected chi connectivity index (χ1v) is 7.77. The summed E-state index contributed by atoms with van der Waals surface area (Å²) in [5.41, 5.74) is 6.70. The molecule has 0 aromatic carbocycles. The van der Waals surface area contributed by atoms with Gasteiger partial charge in [-0.15, -0.1) is 11.3 Å². The fraction of sp³-hybridized carbons (Fsp3) is 0.733. The van der Waals surface area contributed by atoms with Crippen LogP contribution in [0.5, 0.6) is 0 Å². The molecule has 0 amide bonds. The minimum absolute atomic E-state index is 0.0721. The Morgan fingerprint density at radius 3 is 3.00 bits per heavy atom. The predicted molar refractivity (Wildman–Crippen MR) is 76.4 cm³/mol. The Bertz CT molecular complexity index is 331. The first kappa shape index (κ1) is 13.1. The fourth-order valence-corrected chi connectivity index (χ4v) is 4.17. The van der Waals surface area contributed by atoms with Gasteiger partial charge in [0.15, 0.2) is 0 Å². The highest BCUT2D eigenvalue weighted by molar-refractivity contribution is 7.09. The summed E-state index contributed by atoms with van der Waals surface area (Å²) in [6, 6.07) is 4.36. The normalized spacial score (nSPS) is 29.8. The molecule has 1 nitrogen and oxygen atoms in total. The van der Waals surface area contributed by atoms with Crippen LogP contribution in [0.2, 0.25) is 0 Å². The fourth-order valence-electron chi connectivity index (χ4n) is 3.31. The highest BCUT2D eigenvalue weighted by Gasteiger charge is 2.33. The monoisotopic (exact) mass is 251 g/mol. The number of thiophene rings is 1. The van der Waals surface area contributed by atoms with Crippen LogP contribution in [0.25, 0.3) is 0 Å².